The summed E-state index contributed by atoms with van der Waals surface area (Å²) >= 11 is 0. The van der Waals surface area contributed by atoms with Crippen LogP contribution in [0.3, 0.4) is 0 Å². The summed E-state index contributed by atoms with van der Waals surface area (Å²) in [6, 6.07) is 0. The van der Waals surface area contributed by atoms with Gasteiger partial charge in [-0.2, -0.15) is 0 Å². The van der Waals surface area contributed by atoms with E-state index in [1.54, 1.807) is 6.08 Å². The fourth-order valence-electron chi connectivity index (χ4n) is 1.64. The monoisotopic (exact) mass is 197 g/mol. The van der Waals surface area contributed by atoms with E-state index in [1.807, 2.05) is 6.92 Å². The minimum Gasteiger partial charge on any atom is -0.463 e. The summed E-state index contributed by atoms with van der Waals surface area (Å²) in [5.41, 5.74) is 1.23. The Kier molecular flexibility index (Phi) is 4.66. The molecule has 0 aliphatic carbocycles. The van der Waals surface area contributed by atoms with Crippen molar-refractivity contribution in [3.63, 3.8) is 0 Å². The molecule has 1 rings (SSSR count). The summed E-state index contributed by atoms with van der Waals surface area (Å²) < 4.78 is 4.88. The SMILES string of the molecule is CCOC(=O)/C=C1/CCCN(C)CC1. The van der Waals surface area contributed by atoms with Gasteiger partial charge >= 0.3 is 5.97 Å². The Morgan fingerprint density at radius 3 is 3.00 bits per heavy atom. The van der Waals surface area contributed by atoms with Crippen LogP contribution in [0.4, 0.5) is 0 Å². The molecule has 3 heteroatoms. The summed E-state index contributed by atoms with van der Waals surface area (Å²) in [7, 11) is 2.12. The van der Waals surface area contributed by atoms with Gasteiger partial charge in [-0.25, -0.2) is 4.79 Å². The molecule has 1 fully saturated rings. The minimum absolute atomic E-state index is 0.188. The predicted octanol–water partition coefficient (Wildman–Crippen LogP) is 1.59. The average molecular weight is 197 g/mol. The van der Waals surface area contributed by atoms with Gasteiger partial charge in [-0.15, -0.1) is 0 Å². The Labute approximate surface area is 85.7 Å². The fourth-order valence-corrected chi connectivity index (χ4v) is 1.64. The number of rotatable bonds is 2. The molecule has 1 aliphatic rings. The van der Waals surface area contributed by atoms with Crippen LogP contribution in [0.25, 0.3) is 0 Å². The highest BCUT2D eigenvalue weighted by atomic mass is 16.5. The first-order valence-electron chi connectivity index (χ1n) is 5.27. The molecule has 0 aromatic carbocycles. The van der Waals surface area contributed by atoms with E-state index in [0.29, 0.717) is 6.61 Å². The van der Waals surface area contributed by atoms with Crippen LogP contribution in [0.1, 0.15) is 26.2 Å². The second-order valence-electron chi connectivity index (χ2n) is 3.71. The molecular formula is C11H19NO2. The zero-order valence-corrected chi connectivity index (χ0v) is 9.08. The smallest absolute Gasteiger partial charge is 0.330 e. The van der Waals surface area contributed by atoms with Crippen LogP contribution in [-0.4, -0.2) is 37.6 Å². The average Bonchev–Trinajstić information content (AvgIpc) is 2.32. The first-order valence-corrected chi connectivity index (χ1v) is 5.27. The molecule has 0 saturated carbocycles. The molecule has 3 nitrogen and oxygen atoms in total. The van der Waals surface area contributed by atoms with Crippen molar-refractivity contribution in [2.24, 2.45) is 0 Å². The summed E-state index contributed by atoms with van der Waals surface area (Å²) in [4.78, 5) is 13.5. The number of nitrogens with zero attached hydrogens (tertiary/aromatic N) is 1. The Bertz CT molecular complexity index is 223. The van der Waals surface area contributed by atoms with Crippen LogP contribution in [-0.2, 0) is 9.53 Å². The number of hydrogen-bond donors (Lipinski definition) is 0. The maximum Gasteiger partial charge on any atom is 0.330 e. The molecule has 0 aromatic heterocycles. The van der Waals surface area contributed by atoms with E-state index in [1.165, 1.54) is 5.57 Å². The van der Waals surface area contributed by atoms with Gasteiger partial charge in [-0.1, -0.05) is 5.57 Å². The van der Waals surface area contributed by atoms with Gasteiger partial charge in [0.25, 0.3) is 0 Å². The largest absolute Gasteiger partial charge is 0.463 e. The zero-order chi connectivity index (χ0) is 10.4. The first kappa shape index (κ1) is 11.2. The molecule has 1 aliphatic heterocycles. The zero-order valence-electron chi connectivity index (χ0n) is 9.08. The quantitative estimate of drug-likeness (QED) is 0.497. The van der Waals surface area contributed by atoms with Crippen molar-refractivity contribution in [2.75, 3.05) is 26.7 Å². The van der Waals surface area contributed by atoms with E-state index in [2.05, 4.69) is 11.9 Å². The lowest BCUT2D eigenvalue weighted by molar-refractivity contribution is -0.137. The third-order valence-corrected chi connectivity index (χ3v) is 2.46. The van der Waals surface area contributed by atoms with Gasteiger partial charge in [0.15, 0.2) is 0 Å². The van der Waals surface area contributed by atoms with E-state index in [-0.39, 0.29) is 5.97 Å². The van der Waals surface area contributed by atoms with Gasteiger partial charge in [0.2, 0.25) is 0 Å². The molecular weight excluding hydrogens is 178 g/mol. The minimum atomic E-state index is -0.188. The molecule has 0 bridgehead atoms. The van der Waals surface area contributed by atoms with Gasteiger partial charge in [0, 0.05) is 12.6 Å². The number of esters is 1. The first-order chi connectivity index (χ1) is 6.72. The standard InChI is InChI=1S/C11H19NO2/c1-3-14-11(13)9-10-5-4-7-12(2)8-6-10/h9H,3-8H2,1-2H3/b10-9-. The molecule has 14 heavy (non-hydrogen) atoms. The second kappa shape index (κ2) is 5.81. The van der Waals surface area contributed by atoms with Gasteiger partial charge in [-0.3, -0.25) is 0 Å². The van der Waals surface area contributed by atoms with E-state index < -0.39 is 0 Å². The van der Waals surface area contributed by atoms with Crippen LogP contribution in [0, 0.1) is 0 Å². The number of ether oxygens (including phenoxy) is 1. The molecule has 0 amide bonds. The Morgan fingerprint density at radius 2 is 2.29 bits per heavy atom. The van der Waals surface area contributed by atoms with Crippen molar-refractivity contribution in [1.82, 2.24) is 4.90 Å². The molecule has 0 N–H and O–H groups in total. The lowest BCUT2D eigenvalue weighted by Gasteiger charge is -2.10. The number of carbonyl (C=O) groups excluding carboxylic acids is 1. The Morgan fingerprint density at radius 1 is 1.50 bits per heavy atom. The molecule has 80 valence electrons. The number of hydrogen-bond acceptors (Lipinski definition) is 3. The molecule has 0 aromatic rings. The van der Waals surface area contributed by atoms with Crippen molar-refractivity contribution in [2.45, 2.75) is 26.2 Å². The Balaban J connectivity index is 2.46. The van der Waals surface area contributed by atoms with Gasteiger partial charge in [0.1, 0.15) is 0 Å². The van der Waals surface area contributed by atoms with Crippen LogP contribution < -0.4 is 0 Å². The van der Waals surface area contributed by atoms with Gasteiger partial charge in [-0.05, 0) is 39.8 Å². The van der Waals surface area contributed by atoms with Crippen molar-refractivity contribution in [1.29, 1.82) is 0 Å². The van der Waals surface area contributed by atoms with Crippen molar-refractivity contribution in [3.8, 4) is 0 Å². The van der Waals surface area contributed by atoms with Gasteiger partial charge in [0.05, 0.1) is 6.61 Å². The summed E-state index contributed by atoms with van der Waals surface area (Å²) in [6.45, 7) is 4.46. The van der Waals surface area contributed by atoms with Crippen LogP contribution >= 0.6 is 0 Å². The second-order valence-corrected chi connectivity index (χ2v) is 3.71. The van der Waals surface area contributed by atoms with E-state index >= 15 is 0 Å². The van der Waals surface area contributed by atoms with Crippen LogP contribution in [0.15, 0.2) is 11.6 Å². The maximum atomic E-state index is 11.2. The Hall–Kier alpha value is -0.830. The molecule has 0 unspecified atom stereocenters. The topological polar surface area (TPSA) is 29.5 Å². The summed E-state index contributed by atoms with van der Waals surface area (Å²) in [6.07, 6.45) is 4.84. The molecule has 0 radical (unpaired) electrons. The normalized spacial score (nSPS) is 22.0. The number of likely N-dealkylation sites (tertiary alicyclic amines) is 1. The fraction of sp³-hybridized carbons (Fsp3) is 0.727. The third-order valence-electron chi connectivity index (χ3n) is 2.46. The molecule has 1 heterocycles. The molecule has 1 saturated heterocycles. The predicted molar refractivity (Wildman–Crippen MR) is 56.1 cm³/mol. The van der Waals surface area contributed by atoms with Crippen LogP contribution in [0.5, 0.6) is 0 Å². The van der Waals surface area contributed by atoms with Crippen molar-refractivity contribution < 1.29 is 9.53 Å². The lowest BCUT2D eigenvalue weighted by atomic mass is 10.1. The number of carbonyl (C=O) groups is 1. The van der Waals surface area contributed by atoms with E-state index in [9.17, 15) is 4.79 Å². The van der Waals surface area contributed by atoms with Crippen molar-refractivity contribution in [3.05, 3.63) is 11.6 Å². The highest BCUT2D eigenvalue weighted by molar-refractivity contribution is 5.82. The summed E-state index contributed by atoms with van der Waals surface area (Å²) in [5.74, 6) is -0.188. The summed E-state index contributed by atoms with van der Waals surface area (Å²) in [5, 5.41) is 0. The maximum absolute atomic E-state index is 11.2. The molecule has 0 spiro atoms. The van der Waals surface area contributed by atoms with E-state index in [0.717, 1.165) is 32.4 Å². The highest BCUT2D eigenvalue weighted by Crippen LogP contribution is 2.15. The third kappa shape index (κ3) is 3.92. The molecule has 0 atom stereocenters. The highest BCUT2D eigenvalue weighted by Gasteiger charge is 2.09. The van der Waals surface area contributed by atoms with E-state index in [4.69, 9.17) is 4.74 Å². The van der Waals surface area contributed by atoms with Crippen LogP contribution in [0.2, 0.25) is 0 Å². The van der Waals surface area contributed by atoms with Crippen molar-refractivity contribution >= 4 is 5.97 Å². The van der Waals surface area contributed by atoms with Gasteiger partial charge < -0.3 is 9.64 Å². The lowest BCUT2D eigenvalue weighted by Crippen LogP contribution is -2.18.